The van der Waals surface area contributed by atoms with E-state index in [0.29, 0.717) is 0 Å². The minimum absolute atomic E-state index is 0.129. The molecule has 1 aliphatic heterocycles. The number of fused-ring (bicyclic) bond motifs is 1. The van der Waals surface area contributed by atoms with E-state index < -0.39 is 37.2 Å². The molecule has 0 unspecified atom stereocenters. The third-order valence-electron chi connectivity index (χ3n) is 3.23. The van der Waals surface area contributed by atoms with Crippen molar-refractivity contribution in [1.82, 2.24) is 0 Å². The van der Waals surface area contributed by atoms with E-state index in [1.54, 1.807) is 0 Å². The zero-order chi connectivity index (χ0) is 19.4. The van der Waals surface area contributed by atoms with Gasteiger partial charge in [0.2, 0.25) is 0 Å². The third-order valence-corrected chi connectivity index (χ3v) is 3.23. The lowest BCUT2D eigenvalue weighted by molar-refractivity contribution is -0.286. The molecule has 0 fully saturated rings. The van der Waals surface area contributed by atoms with Gasteiger partial charge in [0.25, 0.3) is 5.91 Å². The fraction of sp³-hybridized carbons (Fsp3) is 0.176. The summed E-state index contributed by atoms with van der Waals surface area (Å²) in [4.78, 5) is 23.3. The quantitative estimate of drug-likeness (QED) is 0.773. The first-order valence-electron chi connectivity index (χ1n) is 7.55. The van der Waals surface area contributed by atoms with Crippen LogP contribution in [0.15, 0.2) is 42.5 Å². The Labute approximate surface area is 150 Å². The minimum atomic E-state index is -3.77. The molecule has 1 heterocycles. The Morgan fingerprint density at radius 3 is 2.56 bits per heavy atom. The molecule has 0 radical (unpaired) electrons. The van der Waals surface area contributed by atoms with E-state index in [1.807, 2.05) is 0 Å². The van der Waals surface area contributed by atoms with Gasteiger partial charge in [-0.25, -0.2) is 9.18 Å². The van der Waals surface area contributed by atoms with E-state index in [9.17, 15) is 22.8 Å². The summed E-state index contributed by atoms with van der Waals surface area (Å²) in [7, 11) is 0. The van der Waals surface area contributed by atoms with Crippen LogP contribution in [-0.4, -0.2) is 31.4 Å². The van der Waals surface area contributed by atoms with Gasteiger partial charge < -0.3 is 24.3 Å². The van der Waals surface area contributed by atoms with E-state index in [4.69, 9.17) is 4.74 Å². The van der Waals surface area contributed by atoms with Crippen molar-refractivity contribution in [2.24, 2.45) is 0 Å². The van der Waals surface area contributed by atoms with Gasteiger partial charge in [-0.3, -0.25) is 4.79 Å². The highest BCUT2D eigenvalue weighted by Gasteiger charge is 2.43. The van der Waals surface area contributed by atoms with E-state index in [2.05, 4.69) is 19.5 Å². The van der Waals surface area contributed by atoms with E-state index in [0.717, 1.165) is 12.1 Å². The van der Waals surface area contributed by atoms with Gasteiger partial charge in [0.15, 0.2) is 36.3 Å². The molecular formula is C17H12F3NO6. The SMILES string of the molecule is O=C(COC(=O)COc1ccccc1F)Nc1ccc2c(c1)OC(F)(F)O2. The number of benzene rings is 2. The van der Waals surface area contributed by atoms with Gasteiger partial charge in [-0.2, -0.15) is 0 Å². The predicted octanol–water partition coefficient (Wildman–Crippen LogP) is 2.71. The topological polar surface area (TPSA) is 83.1 Å². The highest BCUT2D eigenvalue weighted by Crippen LogP contribution is 2.42. The first kappa shape index (κ1) is 18.4. The van der Waals surface area contributed by atoms with Gasteiger partial charge in [-0.15, -0.1) is 8.78 Å². The Morgan fingerprint density at radius 2 is 1.78 bits per heavy atom. The molecule has 27 heavy (non-hydrogen) atoms. The predicted molar refractivity (Wildman–Crippen MR) is 84.1 cm³/mol. The number of nitrogens with one attached hydrogen (secondary N) is 1. The van der Waals surface area contributed by atoms with Crippen LogP contribution in [0, 0.1) is 5.82 Å². The molecule has 10 heteroatoms. The van der Waals surface area contributed by atoms with Crippen LogP contribution < -0.4 is 19.5 Å². The van der Waals surface area contributed by atoms with Gasteiger partial charge in [0.1, 0.15) is 0 Å². The van der Waals surface area contributed by atoms with Crippen molar-refractivity contribution in [3.8, 4) is 17.2 Å². The first-order chi connectivity index (χ1) is 12.8. The molecule has 0 saturated heterocycles. The number of ether oxygens (including phenoxy) is 4. The zero-order valence-electron chi connectivity index (χ0n) is 13.5. The van der Waals surface area contributed by atoms with Gasteiger partial charge in [-0.05, 0) is 24.3 Å². The standard InChI is InChI=1S/C17H12F3NO6/c18-11-3-1-2-4-12(11)24-9-16(23)25-8-15(22)21-10-5-6-13-14(7-10)27-17(19,20)26-13/h1-7H,8-9H2,(H,21,22). The van der Waals surface area contributed by atoms with Crippen molar-refractivity contribution in [3.05, 3.63) is 48.3 Å². The minimum Gasteiger partial charge on any atom is -0.479 e. The van der Waals surface area contributed by atoms with Gasteiger partial charge in [0.05, 0.1) is 0 Å². The second kappa shape index (κ2) is 7.44. The van der Waals surface area contributed by atoms with Gasteiger partial charge in [-0.1, -0.05) is 12.1 Å². The Balaban J connectivity index is 1.45. The summed E-state index contributed by atoms with van der Waals surface area (Å²) < 4.78 is 57.3. The smallest absolute Gasteiger partial charge is 0.479 e. The Bertz CT molecular complexity index is 873. The average molecular weight is 383 g/mol. The molecule has 0 aromatic heterocycles. The second-order valence-electron chi connectivity index (χ2n) is 5.26. The van der Waals surface area contributed by atoms with Crippen molar-refractivity contribution in [1.29, 1.82) is 0 Å². The summed E-state index contributed by atoms with van der Waals surface area (Å²) in [5.74, 6) is -2.80. The molecule has 0 atom stereocenters. The Hall–Kier alpha value is -3.43. The van der Waals surface area contributed by atoms with Crippen LogP contribution in [-0.2, 0) is 14.3 Å². The number of anilines is 1. The number of hydrogen-bond donors (Lipinski definition) is 1. The fourth-order valence-corrected chi connectivity index (χ4v) is 2.11. The summed E-state index contributed by atoms with van der Waals surface area (Å²) in [6.45, 7) is -1.24. The van der Waals surface area contributed by atoms with Crippen LogP contribution in [0.25, 0.3) is 0 Å². The summed E-state index contributed by atoms with van der Waals surface area (Å²) in [6.07, 6.45) is -3.77. The lowest BCUT2D eigenvalue weighted by Crippen LogP contribution is -2.26. The highest BCUT2D eigenvalue weighted by atomic mass is 19.3. The lowest BCUT2D eigenvalue weighted by atomic mass is 10.3. The number of alkyl halides is 2. The number of rotatable bonds is 6. The van der Waals surface area contributed by atoms with Crippen LogP contribution in [0.3, 0.4) is 0 Å². The molecule has 0 spiro atoms. The van der Waals surface area contributed by atoms with Crippen molar-refractivity contribution < 1.29 is 41.7 Å². The van der Waals surface area contributed by atoms with Crippen LogP contribution in [0.1, 0.15) is 0 Å². The summed E-state index contributed by atoms with van der Waals surface area (Å²) in [5, 5.41) is 2.34. The van der Waals surface area contributed by atoms with Crippen LogP contribution in [0.2, 0.25) is 0 Å². The monoisotopic (exact) mass is 383 g/mol. The number of hydrogen-bond acceptors (Lipinski definition) is 6. The van der Waals surface area contributed by atoms with Crippen molar-refractivity contribution in [2.75, 3.05) is 18.5 Å². The Morgan fingerprint density at radius 1 is 1.04 bits per heavy atom. The lowest BCUT2D eigenvalue weighted by Gasteiger charge is -2.08. The molecule has 142 valence electrons. The van der Waals surface area contributed by atoms with E-state index >= 15 is 0 Å². The maximum absolute atomic E-state index is 13.3. The van der Waals surface area contributed by atoms with Crippen LogP contribution in [0.4, 0.5) is 18.9 Å². The zero-order valence-corrected chi connectivity index (χ0v) is 13.5. The molecule has 2 aromatic carbocycles. The highest BCUT2D eigenvalue weighted by molar-refractivity contribution is 5.93. The second-order valence-corrected chi connectivity index (χ2v) is 5.26. The molecule has 1 N–H and O–H groups in total. The normalized spacial score (nSPS) is 13.7. The molecule has 2 aromatic rings. The van der Waals surface area contributed by atoms with E-state index in [1.165, 1.54) is 30.3 Å². The molecule has 3 rings (SSSR count). The number of carbonyl (C=O) groups is 2. The maximum atomic E-state index is 13.3. The molecular weight excluding hydrogens is 371 g/mol. The molecule has 1 amide bonds. The molecule has 0 bridgehead atoms. The summed E-state index contributed by atoms with van der Waals surface area (Å²) >= 11 is 0. The maximum Gasteiger partial charge on any atom is 0.586 e. The number of carbonyl (C=O) groups excluding carboxylic acids is 2. The molecule has 0 saturated carbocycles. The van der Waals surface area contributed by atoms with Crippen molar-refractivity contribution in [2.45, 2.75) is 6.29 Å². The average Bonchev–Trinajstić information content (AvgIpc) is 2.92. The first-order valence-corrected chi connectivity index (χ1v) is 7.55. The van der Waals surface area contributed by atoms with Gasteiger partial charge in [0, 0.05) is 11.8 Å². The summed E-state index contributed by atoms with van der Waals surface area (Å²) in [6, 6.07) is 9.12. The number of halogens is 3. The molecule has 7 nitrogen and oxygen atoms in total. The van der Waals surface area contributed by atoms with Crippen molar-refractivity contribution in [3.63, 3.8) is 0 Å². The largest absolute Gasteiger partial charge is 0.586 e. The third kappa shape index (κ3) is 4.81. The molecule has 0 aliphatic carbocycles. The fourth-order valence-electron chi connectivity index (χ4n) is 2.11. The number of amides is 1. The van der Waals surface area contributed by atoms with Crippen LogP contribution >= 0.6 is 0 Å². The van der Waals surface area contributed by atoms with Crippen molar-refractivity contribution >= 4 is 17.6 Å². The summed E-state index contributed by atoms with van der Waals surface area (Å²) in [5.41, 5.74) is 0.138. The van der Waals surface area contributed by atoms with Gasteiger partial charge >= 0.3 is 12.3 Å². The van der Waals surface area contributed by atoms with Crippen LogP contribution in [0.5, 0.6) is 17.2 Å². The number of para-hydroxylation sites is 1. The van der Waals surface area contributed by atoms with E-state index in [-0.39, 0.29) is 22.9 Å². The molecule has 1 aliphatic rings. The number of esters is 1. The Kier molecular flexibility index (Phi) is 5.06.